The molecule has 0 unspecified atom stereocenters. The van der Waals surface area contributed by atoms with Crippen molar-refractivity contribution in [1.82, 2.24) is 4.98 Å². The van der Waals surface area contributed by atoms with E-state index in [1.165, 1.54) is 0 Å². The van der Waals surface area contributed by atoms with E-state index >= 15 is 0 Å². The zero-order chi connectivity index (χ0) is 15.6. The first kappa shape index (κ1) is 13.6. The van der Waals surface area contributed by atoms with Crippen molar-refractivity contribution in [2.75, 3.05) is 13.9 Å². The quantitative estimate of drug-likeness (QED) is 0.729. The molecule has 0 saturated heterocycles. The van der Waals surface area contributed by atoms with E-state index in [0.717, 1.165) is 39.5 Å². The van der Waals surface area contributed by atoms with Gasteiger partial charge in [-0.25, -0.2) is 0 Å². The number of rotatable bonds is 3. The van der Waals surface area contributed by atoms with E-state index < -0.39 is 0 Å². The predicted octanol–water partition coefficient (Wildman–Crippen LogP) is 4.15. The van der Waals surface area contributed by atoms with Crippen molar-refractivity contribution in [1.29, 1.82) is 0 Å². The molecule has 1 aliphatic heterocycles. The summed E-state index contributed by atoms with van der Waals surface area (Å²) in [5.74, 6) is 2.36. The molecule has 0 N–H and O–H groups in total. The molecule has 4 nitrogen and oxygen atoms in total. The van der Waals surface area contributed by atoms with Crippen LogP contribution in [-0.4, -0.2) is 18.9 Å². The SMILES string of the molecule is COc1ccc(-c2ccncc2)cc1-c1ccc2c(c1)OCO2. The van der Waals surface area contributed by atoms with E-state index in [2.05, 4.69) is 11.1 Å². The van der Waals surface area contributed by atoms with Gasteiger partial charge < -0.3 is 14.2 Å². The number of hydrogen-bond acceptors (Lipinski definition) is 4. The molecule has 0 amide bonds. The normalized spacial score (nSPS) is 12.2. The summed E-state index contributed by atoms with van der Waals surface area (Å²) in [5, 5.41) is 0. The van der Waals surface area contributed by atoms with E-state index in [-0.39, 0.29) is 6.79 Å². The average Bonchev–Trinajstić information content (AvgIpc) is 3.09. The maximum atomic E-state index is 5.53. The minimum atomic E-state index is 0.271. The molecule has 0 radical (unpaired) electrons. The summed E-state index contributed by atoms with van der Waals surface area (Å²) in [6.07, 6.45) is 3.58. The Balaban J connectivity index is 1.83. The Hall–Kier alpha value is -3.01. The fraction of sp³-hybridized carbons (Fsp3) is 0.105. The van der Waals surface area contributed by atoms with Gasteiger partial charge in [0.1, 0.15) is 5.75 Å². The molecule has 4 rings (SSSR count). The Morgan fingerprint density at radius 3 is 2.43 bits per heavy atom. The highest BCUT2D eigenvalue weighted by Gasteiger charge is 2.16. The van der Waals surface area contributed by atoms with Gasteiger partial charge in [-0.15, -0.1) is 0 Å². The second kappa shape index (κ2) is 5.65. The molecule has 0 atom stereocenters. The third-order valence-electron chi connectivity index (χ3n) is 3.90. The van der Waals surface area contributed by atoms with Crippen molar-refractivity contribution >= 4 is 0 Å². The molecule has 2 aromatic carbocycles. The molecule has 1 aromatic heterocycles. The minimum absolute atomic E-state index is 0.271. The highest BCUT2D eigenvalue weighted by Crippen LogP contribution is 2.40. The van der Waals surface area contributed by atoms with Gasteiger partial charge in [0.15, 0.2) is 11.5 Å². The van der Waals surface area contributed by atoms with Crippen LogP contribution in [0, 0.1) is 0 Å². The number of ether oxygens (including phenoxy) is 3. The average molecular weight is 305 g/mol. The van der Waals surface area contributed by atoms with Crippen molar-refractivity contribution in [3.8, 4) is 39.5 Å². The van der Waals surface area contributed by atoms with E-state index in [1.54, 1.807) is 19.5 Å². The van der Waals surface area contributed by atoms with Crippen LogP contribution >= 0.6 is 0 Å². The summed E-state index contributed by atoms with van der Waals surface area (Å²) >= 11 is 0. The van der Waals surface area contributed by atoms with Crippen LogP contribution in [0.25, 0.3) is 22.3 Å². The summed E-state index contributed by atoms with van der Waals surface area (Å²) in [4.78, 5) is 4.07. The zero-order valence-electron chi connectivity index (χ0n) is 12.7. The molecule has 3 aromatic rings. The number of nitrogens with zero attached hydrogens (tertiary/aromatic N) is 1. The van der Waals surface area contributed by atoms with Crippen molar-refractivity contribution in [2.45, 2.75) is 0 Å². The molecule has 0 fully saturated rings. The molecule has 4 heteroatoms. The first-order valence-corrected chi connectivity index (χ1v) is 7.33. The smallest absolute Gasteiger partial charge is 0.231 e. The lowest BCUT2D eigenvalue weighted by Crippen LogP contribution is -1.93. The highest BCUT2D eigenvalue weighted by atomic mass is 16.7. The summed E-state index contributed by atoms with van der Waals surface area (Å²) in [5.41, 5.74) is 4.27. The second-order valence-corrected chi connectivity index (χ2v) is 5.22. The predicted molar refractivity (Wildman–Crippen MR) is 87.8 cm³/mol. The van der Waals surface area contributed by atoms with Gasteiger partial charge in [0, 0.05) is 18.0 Å². The number of benzene rings is 2. The van der Waals surface area contributed by atoms with Gasteiger partial charge in [0.2, 0.25) is 6.79 Å². The summed E-state index contributed by atoms with van der Waals surface area (Å²) < 4.78 is 16.4. The highest BCUT2D eigenvalue weighted by molar-refractivity contribution is 5.79. The number of fused-ring (bicyclic) bond motifs is 1. The molecule has 2 heterocycles. The zero-order valence-corrected chi connectivity index (χ0v) is 12.7. The fourth-order valence-corrected chi connectivity index (χ4v) is 2.72. The van der Waals surface area contributed by atoms with Gasteiger partial charge >= 0.3 is 0 Å². The van der Waals surface area contributed by atoms with Gasteiger partial charge in [-0.3, -0.25) is 4.98 Å². The Kier molecular flexibility index (Phi) is 3.35. The van der Waals surface area contributed by atoms with Crippen LogP contribution in [0.2, 0.25) is 0 Å². The molecular weight excluding hydrogens is 290 g/mol. The Bertz CT molecular complexity index is 846. The summed E-state index contributed by atoms with van der Waals surface area (Å²) in [7, 11) is 1.68. The number of methoxy groups -OCH3 is 1. The third-order valence-corrected chi connectivity index (χ3v) is 3.90. The van der Waals surface area contributed by atoms with Gasteiger partial charge in [-0.1, -0.05) is 12.1 Å². The molecule has 0 spiro atoms. The van der Waals surface area contributed by atoms with Crippen LogP contribution in [0.5, 0.6) is 17.2 Å². The van der Waals surface area contributed by atoms with Crippen LogP contribution < -0.4 is 14.2 Å². The van der Waals surface area contributed by atoms with E-state index in [4.69, 9.17) is 14.2 Å². The number of aromatic nitrogens is 1. The van der Waals surface area contributed by atoms with E-state index in [1.807, 2.05) is 42.5 Å². The monoisotopic (exact) mass is 305 g/mol. The number of pyridine rings is 1. The first-order valence-electron chi connectivity index (χ1n) is 7.33. The van der Waals surface area contributed by atoms with Crippen molar-refractivity contribution in [3.05, 3.63) is 60.9 Å². The summed E-state index contributed by atoms with van der Waals surface area (Å²) in [6.45, 7) is 0.271. The lowest BCUT2D eigenvalue weighted by atomic mass is 9.98. The topological polar surface area (TPSA) is 40.6 Å². The van der Waals surface area contributed by atoms with E-state index in [0.29, 0.717) is 0 Å². The second-order valence-electron chi connectivity index (χ2n) is 5.22. The van der Waals surface area contributed by atoms with Crippen LogP contribution in [0.1, 0.15) is 0 Å². The molecule has 0 bridgehead atoms. The first-order chi connectivity index (χ1) is 11.3. The summed E-state index contributed by atoms with van der Waals surface area (Å²) in [6, 6.07) is 16.1. The fourth-order valence-electron chi connectivity index (χ4n) is 2.72. The lowest BCUT2D eigenvalue weighted by Gasteiger charge is -2.12. The molecule has 0 saturated carbocycles. The minimum Gasteiger partial charge on any atom is -0.496 e. The van der Waals surface area contributed by atoms with Crippen LogP contribution in [0.15, 0.2) is 60.9 Å². The maximum absolute atomic E-state index is 5.53. The molecule has 0 aliphatic carbocycles. The maximum Gasteiger partial charge on any atom is 0.231 e. The largest absolute Gasteiger partial charge is 0.496 e. The van der Waals surface area contributed by atoms with Gasteiger partial charge in [0.05, 0.1) is 7.11 Å². The van der Waals surface area contributed by atoms with Crippen molar-refractivity contribution in [3.63, 3.8) is 0 Å². The Morgan fingerprint density at radius 1 is 0.826 bits per heavy atom. The molecule has 1 aliphatic rings. The van der Waals surface area contributed by atoms with Crippen LogP contribution in [0.4, 0.5) is 0 Å². The third kappa shape index (κ3) is 2.48. The van der Waals surface area contributed by atoms with Crippen LogP contribution in [-0.2, 0) is 0 Å². The van der Waals surface area contributed by atoms with Crippen molar-refractivity contribution in [2.24, 2.45) is 0 Å². The molecule has 23 heavy (non-hydrogen) atoms. The van der Waals surface area contributed by atoms with E-state index in [9.17, 15) is 0 Å². The van der Waals surface area contributed by atoms with Gasteiger partial charge in [-0.05, 0) is 53.1 Å². The lowest BCUT2D eigenvalue weighted by molar-refractivity contribution is 0.174. The van der Waals surface area contributed by atoms with Crippen molar-refractivity contribution < 1.29 is 14.2 Å². The van der Waals surface area contributed by atoms with Gasteiger partial charge in [0.25, 0.3) is 0 Å². The molecule has 114 valence electrons. The standard InChI is InChI=1S/C19H15NO3/c1-21-17-4-2-14(13-6-8-20-9-7-13)10-16(17)15-3-5-18-19(11-15)23-12-22-18/h2-11H,12H2,1H3. The Morgan fingerprint density at radius 2 is 1.61 bits per heavy atom. The molecular formula is C19H15NO3. The Labute approximate surface area is 134 Å². The number of hydrogen-bond donors (Lipinski definition) is 0. The van der Waals surface area contributed by atoms with Gasteiger partial charge in [-0.2, -0.15) is 0 Å². The van der Waals surface area contributed by atoms with Crippen LogP contribution in [0.3, 0.4) is 0 Å².